The Morgan fingerprint density at radius 3 is 2.47 bits per heavy atom. The van der Waals surface area contributed by atoms with Crippen LogP contribution in [0.3, 0.4) is 0 Å². The number of amides is 1. The lowest BCUT2D eigenvalue weighted by molar-refractivity contribution is 0.0981. The lowest BCUT2D eigenvalue weighted by atomic mass is 9.97. The standard InChI is InChI=1S/C26H32N6O3S/c1-16(2)20-11-9-18(14-28-20)21-12-10-19(24(29-21)32-15-17(3)13-26(32,4)5)25(33)31-36(34,35)23-8-6-7-22(27)30-23/h6-12,14,16-17H,13,15H2,1-5H3,(H2,27,30)(H,31,33). The average Bonchev–Trinajstić information content (AvgIpc) is 3.10. The molecule has 1 atom stereocenters. The Balaban J connectivity index is 1.75. The van der Waals surface area contributed by atoms with Crippen LogP contribution in [0.25, 0.3) is 11.3 Å². The van der Waals surface area contributed by atoms with Crippen molar-refractivity contribution in [1.29, 1.82) is 0 Å². The van der Waals surface area contributed by atoms with Crippen molar-refractivity contribution in [2.75, 3.05) is 17.2 Å². The molecule has 0 radical (unpaired) electrons. The minimum Gasteiger partial charge on any atom is -0.384 e. The van der Waals surface area contributed by atoms with Gasteiger partial charge in [-0.25, -0.2) is 14.7 Å². The van der Waals surface area contributed by atoms with Crippen LogP contribution in [-0.4, -0.2) is 41.4 Å². The largest absolute Gasteiger partial charge is 0.384 e. The molecule has 0 spiro atoms. The minimum atomic E-state index is -4.23. The number of hydrogen-bond acceptors (Lipinski definition) is 8. The van der Waals surface area contributed by atoms with Crippen LogP contribution in [-0.2, 0) is 10.0 Å². The van der Waals surface area contributed by atoms with Gasteiger partial charge in [-0.3, -0.25) is 9.78 Å². The highest BCUT2D eigenvalue weighted by atomic mass is 32.2. The quantitative estimate of drug-likeness (QED) is 0.511. The van der Waals surface area contributed by atoms with Gasteiger partial charge in [0.05, 0.1) is 11.3 Å². The lowest BCUT2D eigenvalue weighted by Gasteiger charge is -2.34. The van der Waals surface area contributed by atoms with Gasteiger partial charge in [0.25, 0.3) is 15.9 Å². The first-order valence-corrected chi connectivity index (χ1v) is 13.4. The van der Waals surface area contributed by atoms with E-state index in [2.05, 4.69) is 54.2 Å². The van der Waals surface area contributed by atoms with Crippen LogP contribution >= 0.6 is 0 Å². The number of carbonyl (C=O) groups excluding carboxylic acids is 1. The van der Waals surface area contributed by atoms with Crippen LogP contribution in [0.5, 0.6) is 0 Å². The minimum absolute atomic E-state index is 0.0435. The third-order valence-corrected chi connectivity index (χ3v) is 7.60. The molecule has 1 amide bonds. The molecule has 1 unspecified atom stereocenters. The molecule has 36 heavy (non-hydrogen) atoms. The van der Waals surface area contributed by atoms with E-state index >= 15 is 0 Å². The van der Waals surface area contributed by atoms with Crippen LogP contribution < -0.4 is 15.4 Å². The molecule has 1 saturated heterocycles. The monoisotopic (exact) mass is 508 g/mol. The average molecular weight is 509 g/mol. The predicted molar refractivity (Wildman–Crippen MR) is 140 cm³/mol. The molecule has 10 heteroatoms. The van der Waals surface area contributed by atoms with Gasteiger partial charge in [-0.15, -0.1) is 0 Å². The summed E-state index contributed by atoms with van der Waals surface area (Å²) in [6.45, 7) is 11.2. The van der Waals surface area contributed by atoms with E-state index in [-0.39, 0.29) is 21.9 Å². The fourth-order valence-corrected chi connectivity index (χ4v) is 5.60. The van der Waals surface area contributed by atoms with E-state index in [1.807, 2.05) is 12.1 Å². The molecular weight excluding hydrogens is 476 g/mol. The molecule has 1 fully saturated rings. The van der Waals surface area contributed by atoms with Gasteiger partial charge < -0.3 is 10.6 Å². The smallest absolute Gasteiger partial charge is 0.281 e. The highest BCUT2D eigenvalue weighted by molar-refractivity contribution is 7.90. The summed E-state index contributed by atoms with van der Waals surface area (Å²) >= 11 is 0. The van der Waals surface area contributed by atoms with Crippen LogP contribution in [0.2, 0.25) is 0 Å². The van der Waals surface area contributed by atoms with Gasteiger partial charge in [0.2, 0.25) is 0 Å². The van der Waals surface area contributed by atoms with E-state index in [4.69, 9.17) is 10.7 Å². The summed E-state index contributed by atoms with van der Waals surface area (Å²) in [6, 6.07) is 11.5. The summed E-state index contributed by atoms with van der Waals surface area (Å²) in [5.74, 6) is 0.382. The number of nitrogens with one attached hydrogen (secondary N) is 1. The maximum absolute atomic E-state index is 13.3. The van der Waals surface area contributed by atoms with Crippen molar-refractivity contribution in [2.45, 2.75) is 57.5 Å². The molecule has 1 aliphatic rings. The zero-order chi connectivity index (χ0) is 26.3. The van der Waals surface area contributed by atoms with Crippen LogP contribution in [0.1, 0.15) is 63.0 Å². The number of anilines is 2. The van der Waals surface area contributed by atoms with Gasteiger partial charge in [-0.05, 0) is 68.5 Å². The fourth-order valence-electron chi connectivity index (χ4n) is 4.66. The molecule has 9 nitrogen and oxygen atoms in total. The zero-order valence-electron chi connectivity index (χ0n) is 21.2. The summed E-state index contributed by atoms with van der Waals surface area (Å²) in [5, 5.41) is -0.326. The third kappa shape index (κ3) is 5.18. The van der Waals surface area contributed by atoms with Gasteiger partial charge in [-0.1, -0.05) is 26.8 Å². The zero-order valence-corrected chi connectivity index (χ0v) is 22.0. The van der Waals surface area contributed by atoms with Crippen LogP contribution in [0.15, 0.2) is 53.7 Å². The predicted octanol–water partition coefficient (Wildman–Crippen LogP) is 3.99. The number of nitrogen functional groups attached to an aromatic ring is 1. The fraction of sp³-hybridized carbons (Fsp3) is 0.385. The molecule has 3 aromatic heterocycles. The Labute approximate surface area is 212 Å². The number of sulfonamides is 1. The van der Waals surface area contributed by atoms with Gasteiger partial charge in [-0.2, -0.15) is 8.42 Å². The lowest BCUT2D eigenvalue weighted by Crippen LogP contribution is -2.41. The van der Waals surface area contributed by atoms with Crippen molar-refractivity contribution in [1.82, 2.24) is 19.7 Å². The molecule has 0 aliphatic carbocycles. The Kier molecular flexibility index (Phi) is 6.74. The number of nitrogens with zero attached hydrogens (tertiary/aromatic N) is 4. The summed E-state index contributed by atoms with van der Waals surface area (Å²) < 4.78 is 27.9. The van der Waals surface area contributed by atoms with Crippen molar-refractivity contribution >= 4 is 27.6 Å². The second kappa shape index (κ2) is 9.50. The first-order valence-electron chi connectivity index (χ1n) is 11.9. The Morgan fingerprint density at radius 2 is 1.89 bits per heavy atom. The van der Waals surface area contributed by atoms with Crippen molar-refractivity contribution in [3.8, 4) is 11.3 Å². The first kappa shape index (κ1) is 25.6. The van der Waals surface area contributed by atoms with Gasteiger partial charge in [0.15, 0.2) is 5.03 Å². The molecule has 0 bridgehead atoms. The number of aromatic nitrogens is 3. The molecule has 0 aromatic carbocycles. The second-order valence-electron chi connectivity index (χ2n) is 10.3. The maximum Gasteiger partial charge on any atom is 0.281 e. The molecule has 1 aliphatic heterocycles. The molecule has 3 N–H and O–H groups in total. The molecular formula is C26H32N6O3S. The molecule has 3 aromatic rings. The van der Waals surface area contributed by atoms with Gasteiger partial charge in [0.1, 0.15) is 11.6 Å². The Bertz CT molecular complexity index is 1390. The van der Waals surface area contributed by atoms with Crippen LogP contribution in [0.4, 0.5) is 11.6 Å². The second-order valence-corrected chi connectivity index (χ2v) is 11.9. The summed E-state index contributed by atoms with van der Waals surface area (Å²) in [6.07, 6.45) is 2.69. The molecule has 190 valence electrons. The van der Waals surface area contributed by atoms with Gasteiger partial charge >= 0.3 is 0 Å². The van der Waals surface area contributed by atoms with Crippen molar-refractivity contribution in [2.24, 2.45) is 5.92 Å². The van der Waals surface area contributed by atoms with E-state index in [0.717, 1.165) is 17.7 Å². The van der Waals surface area contributed by atoms with Crippen LogP contribution in [0, 0.1) is 5.92 Å². The maximum atomic E-state index is 13.3. The Hall–Kier alpha value is -3.53. The summed E-state index contributed by atoms with van der Waals surface area (Å²) in [7, 11) is -4.23. The van der Waals surface area contributed by atoms with Crippen molar-refractivity contribution < 1.29 is 13.2 Å². The molecule has 4 rings (SSSR count). The molecule has 0 saturated carbocycles. The van der Waals surface area contributed by atoms with Crippen molar-refractivity contribution in [3.05, 3.63) is 59.9 Å². The molecule has 4 heterocycles. The SMILES string of the molecule is CC1CN(c2nc(-c3ccc(C(C)C)nc3)ccc2C(=O)NS(=O)(=O)c2cccc(N)n2)C(C)(C)C1. The topological polar surface area (TPSA) is 131 Å². The number of hydrogen-bond donors (Lipinski definition) is 2. The van der Waals surface area contributed by atoms with E-state index in [1.54, 1.807) is 18.3 Å². The number of carbonyl (C=O) groups is 1. The highest BCUT2D eigenvalue weighted by Crippen LogP contribution is 2.38. The first-order chi connectivity index (χ1) is 16.9. The van der Waals surface area contributed by atoms with Crippen molar-refractivity contribution in [3.63, 3.8) is 0 Å². The Morgan fingerprint density at radius 1 is 1.14 bits per heavy atom. The third-order valence-electron chi connectivity index (χ3n) is 6.37. The summed E-state index contributed by atoms with van der Waals surface area (Å²) in [4.78, 5) is 28.7. The van der Waals surface area contributed by atoms with E-state index in [9.17, 15) is 13.2 Å². The van der Waals surface area contributed by atoms with E-state index in [1.165, 1.54) is 18.2 Å². The highest BCUT2D eigenvalue weighted by Gasteiger charge is 2.39. The number of rotatable bonds is 6. The van der Waals surface area contributed by atoms with E-state index in [0.29, 0.717) is 29.9 Å². The number of pyridine rings is 3. The van der Waals surface area contributed by atoms with E-state index < -0.39 is 15.9 Å². The number of nitrogens with two attached hydrogens (primary N) is 1. The summed E-state index contributed by atoms with van der Waals surface area (Å²) in [5.41, 5.74) is 7.98. The normalized spacial score (nSPS) is 17.4. The van der Waals surface area contributed by atoms with Gasteiger partial charge in [0, 0.05) is 29.5 Å².